The van der Waals surface area contributed by atoms with E-state index in [1.165, 1.54) is 12.1 Å². The van der Waals surface area contributed by atoms with Crippen molar-refractivity contribution in [2.45, 2.75) is 0 Å². The second kappa shape index (κ2) is 4.43. The van der Waals surface area contributed by atoms with Gasteiger partial charge in [0.1, 0.15) is 5.82 Å². The van der Waals surface area contributed by atoms with E-state index in [1.807, 2.05) is 0 Å². The third-order valence-electron chi connectivity index (χ3n) is 1.77. The molecule has 0 bridgehead atoms. The standard InChI is InChI=1S/C10H13N3O/c1-4-7-8(5-2)12-10(13-11-3)6-9(7)14/h4-6,11H,1-2H2,3H3,(H2,12,13,14). The van der Waals surface area contributed by atoms with Gasteiger partial charge >= 0.3 is 0 Å². The Bertz CT molecular complexity index is 406. The van der Waals surface area contributed by atoms with E-state index < -0.39 is 0 Å². The molecule has 4 heteroatoms. The van der Waals surface area contributed by atoms with Crippen molar-refractivity contribution in [3.63, 3.8) is 0 Å². The number of pyridine rings is 1. The van der Waals surface area contributed by atoms with Gasteiger partial charge in [-0.2, -0.15) is 0 Å². The van der Waals surface area contributed by atoms with E-state index >= 15 is 0 Å². The van der Waals surface area contributed by atoms with Crippen LogP contribution in [0.25, 0.3) is 12.2 Å². The Morgan fingerprint density at radius 1 is 1.43 bits per heavy atom. The van der Waals surface area contributed by atoms with Crippen molar-refractivity contribution < 1.29 is 0 Å². The number of rotatable bonds is 4. The van der Waals surface area contributed by atoms with Crippen LogP contribution >= 0.6 is 0 Å². The van der Waals surface area contributed by atoms with Gasteiger partial charge in [-0.25, -0.2) is 5.43 Å². The highest BCUT2D eigenvalue weighted by Gasteiger charge is 2.02. The van der Waals surface area contributed by atoms with Gasteiger partial charge in [0.05, 0.1) is 5.69 Å². The topological polar surface area (TPSA) is 56.9 Å². The molecule has 0 saturated heterocycles. The fourth-order valence-electron chi connectivity index (χ4n) is 1.16. The van der Waals surface area contributed by atoms with E-state index in [1.54, 1.807) is 13.1 Å². The Morgan fingerprint density at radius 3 is 2.64 bits per heavy atom. The lowest BCUT2D eigenvalue weighted by atomic mass is 10.2. The molecule has 0 amide bonds. The SMILES string of the molecule is C=Cc1[nH]c(NNC)cc(=O)c1C=C. The lowest BCUT2D eigenvalue weighted by Crippen LogP contribution is -2.19. The normalized spacial score (nSPS) is 9.50. The van der Waals surface area contributed by atoms with Crippen LogP contribution in [0.1, 0.15) is 11.3 Å². The molecule has 0 aliphatic heterocycles. The van der Waals surface area contributed by atoms with Crippen LogP contribution in [-0.4, -0.2) is 12.0 Å². The van der Waals surface area contributed by atoms with Gasteiger partial charge in [0.2, 0.25) is 0 Å². The average Bonchev–Trinajstić information content (AvgIpc) is 2.17. The van der Waals surface area contributed by atoms with Gasteiger partial charge in [0.25, 0.3) is 0 Å². The second-order valence-corrected chi connectivity index (χ2v) is 2.66. The third kappa shape index (κ3) is 1.92. The van der Waals surface area contributed by atoms with Crippen LogP contribution in [-0.2, 0) is 0 Å². The van der Waals surface area contributed by atoms with Gasteiger partial charge in [0, 0.05) is 18.7 Å². The molecule has 1 aromatic heterocycles. The molecule has 0 spiro atoms. The molecular weight excluding hydrogens is 178 g/mol. The van der Waals surface area contributed by atoms with E-state index in [4.69, 9.17) is 0 Å². The summed E-state index contributed by atoms with van der Waals surface area (Å²) in [4.78, 5) is 14.5. The van der Waals surface area contributed by atoms with Gasteiger partial charge in [-0.15, -0.1) is 0 Å². The molecule has 0 saturated carbocycles. The molecule has 3 N–H and O–H groups in total. The summed E-state index contributed by atoms with van der Waals surface area (Å²) in [7, 11) is 1.72. The van der Waals surface area contributed by atoms with Crippen LogP contribution in [0.4, 0.5) is 5.82 Å². The van der Waals surface area contributed by atoms with Gasteiger partial charge in [0.15, 0.2) is 5.43 Å². The summed E-state index contributed by atoms with van der Waals surface area (Å²) in [6.07, 6.45) is 3.10. The van der Waals surface area contributed by atoms with E-state index in [9.17, 15) is 4.79 Å². The first-order valence-electron chi connectivity index (χ1n) is 4.18. The fourth-order valence-corrected chi connectivity index (χ4v) is 1.16. The smallest absolute Gasteiger partial charge is 0.191 e. The average molecular weight is 191 g/mol. The Balaban J connectivity index is 3.31. The maximum absolute atomic E-state index is 11.5. The molecule has 0 unspecified atom stereocenters. The van der Waals surface area contributed by atoms with Gasteiger partial charge in [-0.05, 0) is 6.08 Å². The van der Waals surface area contributed by atoms with Crippen molar-refractivity contribution in [2.24, 2.45) is 0 Å². The van der Waals surface area contributed by atoms with Crippen LogP contribution in [0.2, 0.25) is 0 Å². The van der Waals surface area contributed by atoms with E-state index in [-0.39, 0.29) is 5.43 Å². The zero-order valence-corrected chi connectivity index (χ0v) is 8.05. The maximum Gasteiger partial charge on any atom is 0.191 e. The summed E-state index contributed by atoms with van der Waals surface area (Å²) in [6, 6.07) is 1.46. The number of hydrogen-bond donors (Lipinski definition) is 3. The number of hydrogen-bond acceptors (Lipinski definition) is 3. The molecule has 1 heterocycles. The highest BCUT2D eigenvalue weighted by Crippen LogP contribution is 2.07. The number of aromatic nitrogens is 1. The molecule has 1 rings (SSSR count). The van der Waals surface area contributed by atoms with Crippen LogP contribution in [0.5, 0.6) is 0 Å². The van der Waals surface area contributed by atoms with Crippen LogP contribution in [0.15, 0.2) is 24.0 Å². The Hall–Kier alpha value is -1.81. The van der Waals surface area contributed by atoms with Crippen LogP contribution in [0, 0.1) is 0 Å². The number of nitrogens with one attached hydrogen (secondary N) is 3. The molecule has 1 aromatic rings. The summed E-state index contributed by atoms with van der Waals surface area (Å²) >= 11 is 0. The van der Waals surface area contributed by atoms with E-state index in [0.29, 0.717) is 17.1 Å². The first kappa shape index (κ1) is 10.3. The van der Waals surface area contributed by atoms with Crippen molar-refractivity contribution in [2.75, 3.05) is 12.5 Å². The highest BCUT2D eigenvalue weighted by atomic mass is 16.1. The molecule has 74 valence electrons. The van der Waals surface area contributed by atoms with Gasteiger partial charge in [-0.3, -0.25) is 4.79 Å². The van der Waals surface area contributed by atoms with Gasteiger partial charge < -0.3 is 10.4 Å². The quantitative estimate of drug-likeness (QED) is 0.627. The lowest BCUT2D eigenvalue weighted by Gasteiger charge is -2.07. The summed E-state index contributed by atoms with van der Waals surface area (Å²) in [5.74, 6) is 0.595. The van der Waals surface area contributed by atoms with Gasteiger partial charge in [-0.1, -0.05) is 19.2 Å². The predicted molar refractivity (Wildman–Crippen MR) is 59.9 cm³/mol. The Labute approximate surface area is 82.3 Å². The minimum Gasteiger partial charge on any atom is -0.340 e. The Morgan fingerprint density at radius 2 is 2.14 bits per heavy atom. The number of hydrazine groups is 1. The van der Waals surface area contributed by atoms with Crippen molar-refractivity contribution in [1.29, 1.82) is 0 Å². The zero-order valence-electron chi connectivity index (χ0n) is 8.05. The number of aromatic amines is 1. The summed E-state index contributed by atoms with van der Waals surface area (Å²) in [6.45, 7) is 7.19. The first-order chi connectivity index (χ1) is 6.72. The number of H-pyrrole nitrogens is 1. The van der Waals surface area contributed by atoms with Crippen LogP contribution in [0.3, 0.4) is 0 Å². The van der Waals surface area contributed by atoms with Crippen LogP contribution < -0.4 is 16.3 Å². The summed E-state index contributed by atoms with van der Waals surface area (Å²) < 4.78 is 0. The van der Waals surface area contributed by atoms with Crippen molar-refractivity contribution >= 4 is 18.0 Å². The molecule has 4 nitrogen and oxygen atoms in total. The van der Waals surface area contributed by atoms with Crippen molar-refractivity contribution in [1.82, 2.24) is 10.4 Å². The number of anilines is 1. The molecule has 0 atom stereocenters. The first-order valence-corrected chi connectivity index (χ1v) is 4.18. The molecule has 0 aliphatic carbocycles. The molecular formula is C10H13N3O. The minimum atomic E-state index is -0.0913. The zero-order chi connectivity index (χ0) is 10.6. The monoisotopic (exact) mass is 191 g/mol. The van der Waals surface area contributed by atoms with Crippen molar-refractivity contribution in [3.8, 4) is 0 Å². The maximum atomic E-state index is 11.5. The highest BCUT2D eigenvalue weighted by molar-refractivity contribution is 5.62. The second-order valence-electron chi connectivity index (χ2n) is 2.66. The summed E-state index contributed by atoms with van der Waals surface area (Å²) in [5.41, 5.74) is 6.60. The molecule has 0 radical (unpaired) electrons. The largest absolute Gasteiger partial charge is 0.340 e. The van der Waals surface area contributed by atoms with E-state index in [0.717, 1.165) is 0 Å². The Kier molecular flexibility index (Phi) is 3.25. The molecule has 0 aromatic carbocycles. The molecule has 0 aliphatic rings. The minimum absolute atomic E-state index is 0.0913. The summed E-state index contributed by atoms with van der Waals surface area (Å²) in [5, 5.41) is 0. The van der Waals surface area contributed by atoms with Crippen molar-refractivity contribution in [3.05, 3.63) is 40.7 Å². The predicted octanol–water partition coefficient (Wildman–Crippen LogP) is 1.21. The van der Waals surface area contributed by atoms with E-state index in [2.05, 4.69) is 29.0 Å². The molecule has 0 fully saturated rings. The fraction of sp³-hybridized carbons (Fsp3) is 0.100. The molecule has 14 heavy (non-hydrogen) atoms. The lowest BCUT2D eigenvalue weighted by molar-refractivity contribution is 0.962. The third-order valence-corrected chi connectivity index (χ3v) is 1.77.